The zero-order valence-corrected chi connectivity index (χ0v) is 18.6. The second-order valence-corrected chi connectivity index (χ2v) is 8.82. The fourth-order valence-electron chi connectivity index (χ4n) is 5.28. The van der Waals surface area contributed by atoms with Crippen LogP contribution in [-0.2, 0) is 0 Å². The minimum Gasteiger partial charge on any atom is -0.508 e. The first-order chi connectivity index (χ1) is 15.6. The molecule has 0 heterocycles. The van der Waals surface area contributed by atoms with Crippen LogP contribution in [0.2, 0.25) is 0 Å². The van der Waals surface area contributed by atoms with Gasteiger partial charge in [0, 0.05) is 29.5 Å². The lowest BCUT2D eigenvalue weighted by Gasteiger charge is -2.42. The van der Waals surface area contributed by atoms with Crippen LogP contribution < -0.4 is 0 Å². The maximum atomic E-state index is 11.2. The zero-order chi connectivity index (χ0) is 22.1. The molecule has 4 atom stereocenters. The number of aromatic hydroxyl groups is 1. The van der Waals surface area contributed by atoms with Gasteiger partial charge in [0.2, 0.25) is 0 Å². The first kappa shape index (κ1) is 20.5. The van der Waals surface area contributed by atoms with E-state index in [1.165, 1.54) is 11.1 Å². The molecular formula is C30H29NO. The van der Waals surface area contributed by atoms with E-state index in [1.54, 1.807) is 0 Å². The molecular weight excluding hydrogens is 390 g/mol. The van der Waals surface area contributed by atoms with Crippen molar-refractivity contribution < 1.29 is 5.11 Å². The number of benzene rings is 3. The summed E-state index contributed by atoms with van der Waals surface area (Å²) in [6.45, 7) is 2.25. The Morgan fingerprint density at radius 1 is 0.844 bits per heavy atom. The number of hydrogen-bond acceptors (Lipinski definition) is 2. The van der Waals surface area contributed by atoms with Gasteiger partial charge in [-0.1, -0.05) is 103 Å². The maximum Gasteiger partial charge on any atom is 0.121 e. The van der Waals surface area contributed by atoms with Crippen LogP contribution in [0.3, 0.4) is 0 Å². The highest BCUT2D eigenvalue weighted by Crippen LogP contribution is 2.47. The molecule has 3 aromatic rings. The topological polar surface area (TPSA) is 23.5 Å². The predicted molar refractivity (Wildman–Crippen MR) is 133 cm³/mol. The van der Waals surface area contributed by atoms with Crippen molar-refractivity contribution in [1.82, 2.24) is 4.90 Å². The van der Waals surface area contributed by atoms with E-state index in [0.29, 0.717) is 5.75 Å². The Labute approximate surface area is 190 Å². The van der Waals surface area contributed by atoms with Crippen molar-refractivity contribution in [2.24, 2.45) is 11.8 Å². The Morgan fingerprint density at radius 3 is 2.47 bits per heavy atom. The van der Waals surface area contributed by atoms with E-state index in [4.69, 9.17) is 0 Å². The molecule has 0 amide bonds. The summed E-state index contributed by atoms with van der Waals surface area (Å²) in [6, 6.07) is 23.1. The van der Waals surface area contributed by atoms with Crippen molar-refractivity contribution >= 4 is 10.8 Å². The molecule has 0 saturated heterocycles. The minimum absolute atomic E-state index is 0.00240. The summed E-state index contributed by atoms with van der Waals surface area (Å²) in [6.07, 6.45) is 15.5. The van der Waals surface area contributed by atoms with Crippen molar-refractivity contribution in [1.29, 1.82) is 0 Å². The molecule has 2 unspecified atom stereocenters. The number of phenols is 1. The van der Waals surface area contributed by atoms with Crippen molar-refractivity contribution in [3.63, 3.8) is 0 Å². The molecule has 0 bridgehead atoms. The number of allylic oxidation sites excluding steroid dienone is 7. The van der Waals surface area contributed by atoms with Gasteiger partial charge in [-0.05, 0) is 41.9 Å². The van der Waals surface area contributed by atoms with Gasteiger partial charge >= 0.3 is 0 Å². The molecule has 2 heteroatoms. The summed E-state index contributed by atoms with van der Waals surface area (Å²) < 4.78 is 0. The molecule has 160 valence electrons. The van der Waals surface area contributed by atoms with Gasteiger partial charge in [0.15, 0.2) is 0 Å². The Balaban J connectivity index is 1.68. The summed E-state index contributed by atoms with van der Waals surface area (Å²) in [4.78, 5) is 2.43. The quantitative estimate of drug-likeness (QED) is 0.475. The van der Waals surface area contributed by atoms with Gasteiger partial charge in [-0.25, -0.2) is 0 Å². The van der Waals surface area contributed by atoms with Gasteiger partial charge < -0.3 is 5.11 Å². The molecule has 2 aliphatic rings. The molecule has 2 aliphatic carbocycles. The second-order valence-electron chi connectivity index (χ2n) is 8.82. The number of hydrogen-bond donors (Lipinski definition) is 1. The van der Waals surface area contributed by atoms with Gasteiger partial charge in [0.1, 0.15) is 5.75 Å². The lowest BCUT2D eigenvalue weighted by Crippen LogP contribution is -2.36. The molecule has 0 aromatic heterocycles. The van der Waals surface area contributed by atoms with Gasteiger partial charge in [0.05, 0.1) is 0 Å². The molecule has 1 N–H and O–H groups in total. The molecule has 5 rings (SSSR count). The van der Waals surface area contributed by atoms with E-state index < -0.39 is 0 Å². The second kappa shape index (κ2) is 8.64. The van der Waals surface area contributed by atoms with Crippen LogP contribution in [0.25, 0.3) is 10.8 Å². The maximum absolute atomic E-state index is 11.2. The van der Waals surface area contributed by atoms with E-state index in [9.17, 15) is 5.11 Å². The third-order valence-electron chi connectivity index (χ3n) is 7.08. The fourth-order valence-corrected chi connectivity index (χ4v) is 5.28. The van der Waals surface area contributed by atoms with Crippen LogP contribution in [-0.4, -0.2) is 17.1 Å². The standard InChI is InChI=1S/C30H29NO/c1-21(22-11-4-3-5-12-22)31(2)30(27-18-10-15-23-13-6-8-16-25(23)27)29-26-17-9-7-14-24(26)19-20-28(29)32/h3-21,25,27,30,32H,1-2H3/t21-,25?,27+,30?/m0/s1. The van der Waals surface area contributed by atoms with Gasteiger partial charge in [-0.3, -0.25) is 4.90 Å². The minimum atomic E-state index is -0.00240. The summed E-state index contributed by atoms with van der Waals surface area (Å²) in [5.41, 5.74) is 3.60. The van der Waals surface area contributed by atoms with Gasteiger partial charge in [0.25, 0.3) is 0 Å². The highest BCUT2D eigenvalue weighted by atomic mass is 16.3. The van der Waals surface area contributed by atoms with Crippen LogP contribution in [0.4, 0.5) is 0 Å². The van der Waals surface area contributed by atoms with Crippen molar-refractivity contribution in [2.75, 3.05) is 7.05 Å². The van der Waals surface area contributed by atoms with Crippen molar-refractivity contribution in [2.45, 2.75) is 19.0 Å². The van der Waals surface area contributed by atoms with Crippen LogP contribution in [0, 0.1) is 11.8 Å². The highest BCUT2D eigenvalue weighted by molar-refractivity contribution is 5.88. The average Bonchev–Trinajstić information content (AvgIpc) is 2.85. The first-order valence-electron chi connectivity index (χ1n) is 11.4. The van der Waals surface area contributed by atoms with Crippen molar-refractivity contribution in [3.8, 4) is 5.75 Å². The van der Waals surface area contributed by atoms with Crippen molar-refractivity contribution in [3.05, 3.63) is 126 Å². The van der Waals surface area contributed by atoms with E-state index in [2.05, 4.69) is 116 Å². The van der Waals surface area contributed by atoms with Crippen LogP contribution >= 0.6 is 0 Å². The molecule has 0 spiro atoms. The molecule has 32 heavy (non-hydrogen) atoms. The van der Waals surface area contributed by atoms with Crippen LogP contribution in [0.1, 0.15) is 30.1 Å². The normalized spacial score (nSPS) is 21.4. The number of fused-ring (bicyclic) bond motifs is 2. The van der Waals surface area contributed by atoms with Crippen LogP contribution in [0.15, 0.2) is 115 Å². The molecule has 0 radical (unpaired) electrons. The lowest BCUT2D eigenvalue weighted by molar-refractivity contribution is 0.135. The number of phenolic OH excluding ortho intramolecular Hbond substituents is 1. The summed E-state index contributed by atoms with van der Waals surface area (Å²) in [5.74, 6) is 0.837. The molecule has 0 saturated carbocycles. The molecule has 3 aromatic carbocycles. The fraction of sp³-hybridized carbons (Fsp3) is 0.200. The van der Waals surface area contributed by atoms with E-state index in [-0.39, 0.29) is 23.9 Å². The summed E-state index contributed by atoms with van der Waals surface area (Å²) in [7, 11) is 2.19. The predicted octanol–water partition coefficient (Wildman–Crippen LogP) is 7.13. The van der Waals surface area contributed by atoms with E-state index in [1.807, 2.05) is 12.1 Å². The zero-order valence-electron chi connectivity index (χ0n) is 18.6. The Morgan fingerprint density at radius 2 is 1.62 bits per heavy atom. The lowest BCUT2D eigenvalue weighted by atomic mass is 9.73. The van der Waals surface area contributed by atoms with E-state index >= 15 is 0 Å². The first-order valence-corrected chi connectivity index (χ1v) is 11.4. The summed E-state index contributed by atoms with van der Waals surface area (Å²) >= 11 is 0. The van der Waals surface area contributed by atoms with Crippen LogP contribution in [0.5, 0.6) is 5.75 Å². The SMILES string of the molecule is C[C@@H](c1ccccc1)N(C)C(c1c(O)ccc2ccccc12)[C@@H]1C=CC=C2C=CC=CC21. The molecule has 0 aliphatic heterocycles. The Hall–Kier alpha value is -3.36. The monoisotopic (exact) mass is 419 g/mol. The third kappa shape index (κ3) is 3.61. The summed E-state index contributed by atoms with van der Waals surface area (Å²) in [5, 5.41) is 13.5. The largest absolute Gasteiger partial charge is 0.508 e. The molecule has 2 nitrogen and oxygen atoms in total. The Kier molecular flexibility index (Phi) is 5.55. The smallest absolute Gasteiger partial charge is 0.121 e. The molecule has 0 fully saturated rings. The van der Waals surface area contributed by atoms with Gasteiger partial charge in [-0.15, -0.1) is 0 Å². The number of rotatable bonds is 5. The average molecular weight is 420 g/mol. The van der Waals surface area contributed by atoms with Gasteiger partial charge in [-0.2, -0.15) is 0 Å². The highest BCUT2D eigenvalue weighted by Gasteiger charge is 2.37. The number of nitrogens with zero attached hydrogens (tertiary/aromatic N) is 1. The third-order valence-corrected chi connectivity index (χ3v) is 7.08. The van der Waals surface area contributed by atoms with E-state index in [0.717, 1.165) is 16.3 Å². The Bertz CT molecular complexity index is 1230.